The van der Waals surface area contributed by atoms with Gasteiger partial charge in [-0.1, -0.05) is 34.1 Å². The van der Waals surface area contributed by atoms with Gasteiger partial charge in [0, 0.05) is 12.3 Å². The Morgan fingerprint density at radius 1 is 1.02 bits per heavy atom. The van der Waals surface area contributed by atoms with Crippen LogP contribution in [0.2, 0.25) is 0 Å². The largest absolute Gasteiger partial charge is 0.471 e. The minimum absolute atomic E-state index is 0.000902. The van der Waals surface area contributed by atoms with Crippen molar-refractivity contribution in [3.63, 3.8) is 0 Å². The van der Waals surface area contributed by atoms with Crippen molar-refractivity contribution in [2.75, 3.05) is 6.54 Å². The topological polar surface area (TPSA) is 111 Å². The van der Waals surface area contributed by atoms with E-state index in [1.807, 2.05) is 0 Å². The number of benzene rings is 1. The Morgan fingerprint density at radius 2 is 1.76 bits per heavy atom. The van der Waals surface area contributed by atoms with Crippen molar-refractivity contribution in [1.82, 2.24) is 20.2 Å². The molecule has 3 heterocycles. The van der Waals surface area contributed by atoms with E-state index in [0.29, 0.717) is 37.5 Å². The highest BCUT2D eigenvalue weighted by Crippen LogP contribution is 2.58. The lowest BCUT2D eigenvalue weighted by Gasteiger charge is -2.36. The number of carbonyl (C=O) groups excluding carboxylic acids is 3. The number of rotatable bonds is 2. The predicted octanol–water partition coefficient (Wildman–Crippen LogP) is 7.05. The molecule has 2 aliphatic carbocycles. The van der Waals surface area contributed by atoms with Gasteiger partial charge in [0.15, 0.2) is 11.5 Å². The van der Waals surface area contributed by atoms with Crippen LogP contribution in [-0.4, -0.2) is 63.5 Å². The monoisotopic (exact) mass is 694 g/mol. The number of amides is 2. The number of carbonyl (C=O) groups is 3. The molecule has 1 aromatic heterocycles. The van der Waals surface area contributed by atoms with E-state index in [9.17, 15) is 27.6 Å². The quantitative estimate of drug-likeness (QED) is 0.336. The number of fused-ring (bicyclic) bond motifs is 7. The van der Waals surface area contributed by atoms with Gasteiger partial charge in [-0.15, -0.1) is 0 Å². The van der Waals surface area contributed by atoms with E-state index >= 15 is 8.78 Å². The molecule has 2 amide bonds. The van der Waals surface area contributed by atoms with Crippen molar-refractivity contribution < 1.29 is 45.8 Å². The Bertz CT molecular complexity index is 1630. The van der Waals surface area contributed by atoms with Crippen molar-refractivity contribution >= 4 is 28.8 Å². The van der Waals surface area contributed by atoms with Crippen molar-refractivity contribution in [1.29, 1.82) is 0 Å². The molecule has 2 bridgehead atoms. The van der Waals surface area contributed by atoms with E-state index in [1.54, 1.807) is 27.7 Å². The van der Waals surface area contributed by atoms with Crippen LogP contribution in [0.4, 0.5) is 26.7 Å². The van der Waals surface area contributed by atoms with Crippen LogP contribution in [-0.2, 0) is 26.4 Å². The van der Waals surface area contributed by atoms with Crippen LogP contribution in [0.1, 0.15) is 90.8 Å². The van der Waals surface area contributed by atoms with E-state index in [-0.39, 0.29) is 35.7 Å². The molecular weight excluding hydrogens is 651 g/mol. The normalized spacial score (nSPS) is 32.2. The number of hydrogen-bond acceptors (Lipinski definition) is 7. The third kappa shape index (κ3) is 6.93. The lowest BCUT2D eigenvalue weighted by atomic mass is 9.85. The molecule has 49 heavy (non-hydrogen) atoms. The summed E-state index contributed by atoms with van der Waals surface area (Å²) >= 11 is 0. The first-order valence-electron chi connectivity index (χ1n) is 17.1. The second-order valence-electron chi connectivity index (χ2n) is 15.2. The molecule has 2 aromatic rings. The molecule has 6 rings (SSSR count). The van der Waals surface area contributed by atoms with Crippen LogP contribution in [0.3, 0.4) is 0 Å². The Balaban J connectivity index is 1.44. The highest BCUT2D eigenvalue weighted by molar-refractivity contribution is 5.92. The van der Waals surface area contributed by atoms with Gasteiger partial charge in [0.25, 0.3) is 5.92 Å². The predicted molar refractivity (Wildman–Crippen MR) is 168 cm³/mol. The smallest absolute Gasteiger partial charge is 0.416 e. The number of halogens is 5. The second kappa shape index (κ2) is 12.6. The highest BCUT2D eigenvalue weighted by atomic mass is 19.4. The van der Waals surface area contributed by atoms with Crippen LogP contribution in [0.15, 0.2) is 18.2 Å². The van der Waals surface area contributed by atoms with Crippen LogP contribution in [0, 0.1) is 29.1 Å². The van der Waals surface area contributed by atoms with Gasteiger partial charge in [-0.3, -0.25) is 9.59 Å². The molecule has 4 aliphatic rings. The van der Waals surface area contributed by atoms with Crippen molar-refractivity contribution in [2.45, 2.75) is 116 Å². The molecule has 1 N–H and O–H groups in total. The minimum Gasteiger partial charge on any atom is -0.471 e. The average Bonchev–Trinajstić information content (AvgIpc) is 3.54. The number of alkyl halides is 5. The molecule has 1 aromatic carbocycles. The molecule has 0 spiro atoms. The zero-order valence-electron chi connectivity index (χ0n) is 28.3. The SMILES string of the molecule is CC[C@@H]1[C@@H]2CN(C(=O)[C@H](C(C)(C)C)NC(=O)O[C@@H]3CC4CC4[C@H]3CCCCC(F)(F)c3nc4ccc(C(F)(F)F)cc4nc3O2)[C@@H]1C(C)=O. The van der Waals surface area contributed by atoms with Gasteiger partial charge in [0.2, 0.25) is 11.8 Å². The molecule has 0 radical (unpaired) electrons. The molecule has 1 saturated heterocycles. The van der Waals surface area contributed by atoms with E-state index in [0.717, 1.165) is 24.6 Å². The molecule has 2 saturated carbocycles. The van der Waals surface area contributed by atoms with Gasteiger partial charge < -0.3 is 19.7 Å². The van der Waals surface area contributed by atoms with Crippen LogP contribution < -0.4 is 10.1 Å². The van der Waals surface area contributed by atoms with E-state index < -0.39 is 83.3 Å². The number of Topliss-reactive ketones (excluding diaryl/α,β-unsaturated/α-hetero) is 1. The van der Waals surface area contributed by atoms with Gasteiger partial charge >= 0.3 is 12.3 Å². The first-order valence-corrected chi connectivity index (χ1v) is 17.1. The molecule has 14 heteroatoms. The maximum Gasteiger partial charge on any atom is 0.416 e. The number of ketones is 1. The fraction of sp³-hybridized carbons (Fsp3) is 0.686. The molecular formula is C35H43F5N4O5. The highest BCUT2D eigenvalue weighted by Gasteiger charge is 2.55. The molecule has 8 atom stereocenters. The van der Waals surface area contributed by atoms with E-state index in [1.165, 1.54) is 11.8 Å². The standard InChI is InChI=1S/C35H43F5N4O5/c1-6-20-26-16-44(27(20)17(2)45)31(46)29(33(3,4)5)43-32(47)49-25-14-18-13-22(18)21(25)9-7-8-12-34(36,37)28-30(48-26)42-24-15-19(35(38,39)40)10-11-23(24)41-28/h10-11,15,18,20-22,25-27,29H,6-9,12-14,16H2,1-5H3,(H,43,47)/t18?,20-,21-,22?,25-,26+,27-,29-/m1/s1. The van der Waals surface area contributed by atoms with Crippen molar-refractivity contribution in [3.05, 3.63) is 29.5 Å². The summed E-state index contributed by atoms with van der Waals surface area (Å²) in [5, 5.41) is 2.77. The lowest BCUT2D eigenvalue weighted by molar-refractivity contribution is -0.141. The summed E-state index contributed by atoms with van der Waals surface area (Å²) in [7, 11) is 0. The average molecular weight is 695 g/mol. The Hall–Kier alpha value is -3.58. The lowest BCUT2D eigenvalue weighted by Crippen LogP contribution is -2.57. The summed E-state index contributed by atoms with van der Waals surface area (Å²) in [6, 6.07) is 0.388. The number of hydrogen-bond donors (Lipinski definition) is 1. The van der Waals surface area contributed by atoms with Gasteiger partial charge in [0.05, 0.1) is 29.2 Å². The summed E-state index contributed by atoms with van der Waals surface area (Å²) in [6.07, 6.45) is -4.45. The Labute approximate surface area is 281 Å². The molecule has 3 fully saturated rings. The van der Waals surface area contributed by atoms with Crippen LogP contribution >= 0.6 is 0 Å². The zero-order chi connectivity index (χ0) is 35.6. The summed E-state index contributed by atoms with van der Waals surface area (Å²) in [5.74, 6) is -5.05. The fourth-order valence-electron chi connectivity index (χ4n) is 8.21. The summed E-state index contributed by atoms with van der Waals surface area (Å²) in [4.78, 5) is 50.4. The number of ether oxygens (including phenoxy) is 2. The van der Waals surface area contributed by atoms with Gasteiger partial charge in [0.1, 0.15) is 18.2 Å². The zero-order valence-corrected chi connectivity index (χ0v) is 28.3. The maximum atomic E-state index is 16.1. The number of alkyl carbamates (subject to hydrolysis) is 1. The Kier molecular flexibility index (Phi) is 9.09. The van der Waals surface area contributed by atoms with Gasteiger partial charge in [-0.25, -0.2) is 14.8 Å². The second-order valence-corrected chi connectivity index (χ2v) is 15.2. The summed E-state index contributed by atoms with van der Waals surface area (Å²) in [5.41, 5.74) is -3.07. The van der Waals surface area contributed by atoms with E-state index in [2.05, 4.69) is 15.3 Å². The Morgan fingerprint density at radius 3 is 2.41 bits per heavy atom. The van der Waals surface area contributed by atoms with Gasteiger partial charge in [-0.2, -0.15) is 22.0 Å². The third-order valence-corrected chi connectivity index (χ3v) is 10.8. The van der Waals surface area contributed by atoms with Crippen LogP contribution in [0.25, 0.3) is 11.0 Å². The summed E-state index contributed by atoms with van der Waals surface area (Å²) in [6.45, 7) is 8.18. The fourth-order valence-corrected chi connectivity index (χ4v) is 8.21. The van der Waals surface area contributed by atoms with Crippen molar-refractivity contribution in [3.8, 4) is 5.88 Å². The van der Waals surface area contributed by atoms with E-state index in [4.69, 9.17) is 9.47 Å². The van der Waals surface area contributed by atoms with Gasteiger partial charge in [-0.05, 0) is 80.4 Å². The molecule has 2 unspecified atom stereocenters. The van der Waals surface area contributed by atoms with Crippen LogP contribution in [0.5, 0.6) is 5.88 Å². The third-order valence-electron chi connectivity index (χ3n) is 10.8. The number of nitrogens with one attached hydrogen (secondary N) is 1. The van der Waals surface area contributed by atoms with Crippen molar-refractivity contribution in [2.24, 2.45) is 29.1 Å². The molecule has 268 valence electrons. The number of nitrogens with zero attached hydrogens (tertiary/aromatic N) is 3. The minimum atomic E-state index is -4.71. The molecule has 9 nitrogen and oxygen atoms in total. The first-order chi connectivity index (χ1) is 22.9. The maximum absolute atomic E-state index is 16.1. The first kappa shape index (κ1) is 35.3. The molecule has 2 aliphatic heterocycles. The summed E-state index contributed by atoms with van der Waals surface area (Å²) < 4.78 is 85.1. The number of aromatic nitrogens is 2.